The van der Waals surface area contributed by atoms with Crippen molar-refractivity contribution in [1.29, 1.82) is 0 Å². The van der Waals surface area contributed by atoms with Crippen molar-refractivity contribution in [2.75, 3.05) is 16.3 Å². The maximum atomic E-state index is 12.5. The van der Waals surface area contributed by atoms with Crippen LogP contribution in [0.15, 0.2) is 54.7 Å². The van der Waals surface area contributed by atoms with Gasteiger partial charge in [-0.25, -0.2) is 13.4 Å². The smallest absolute Gasteiger partial charge is 0.255 e. The number of carbonyl (C=O) groups is 1. The average Bonchev–Trinajstić information content (AvgIpc) is 2.67. The minimum Gasteiger partial charge on any atom is -0.439 e. The third-order valence-corrected chi connectivity index (χ3v) is 5.08. The Morgan fingerprint density at radius 3 is 2.30 bits per heavy atom. The lowest BCUT2D eigenvalue weighted by atomic mass is 10.1. The van der Waals surface area contributed by atoms with Crippen LogP contribution < -0.4 is 14.8 Å². The zero-order valence-corrected chi connectivity index (χ0v) is 18.0. The molecular weight excluding hydrogens is 402 g/mol. The number of aryl methyl sites for hydroxylation is 3. The van der Waals surface area contributed by atoms with Gasteiger partial charge in [0.1, 0.15) is 5.75 Å². The number of amides is 1. The van der Waals surface area contributed by atoms with E-state index in [4.69, 9.17) is 4.74 Å². The SMILES string of the molecule is Cc1ccc(Oc2ccc(NC(=O)c3ccc(C)c(NS(C)(=O)=O)c3)cn2)cc1C. The lowest BCUT2D eigenvalue weighted by Gasteiger charge is -2.11. The van der Waals surface area contributed by atoms with Crippen LogP contribution in [0, 0.1) is 20.8 Å². The Hall–Kier alpha value is -3.39. The number of pyridine rings is 1. The van der Waals surface area contributed by atoms with E-state index in [1.54, 1.807) is 31.2 Å². The van der Waals surface area contributed by atoms with E-state index in [1.165, 1.54) is 17.8 Å². The number of benzene rings is 2. The molecule has 0 fully saturated rings. The summed E-state index contributed by atoms with van der Waals surface area (Å²) >= 11 is 0. The molecule has 3 rings (SSSR count). The lowest BCUT2D eigenvalue weighted by molar-refractivity contribution is 0.102. The number of anilines is 2. The third-order valence-electron chi connectivity index (χ3n) is 4.49. The van der Waals surface area contributed by atoms with Gasteiger partial charge in [-0.2, -0.15) is 0 Å². The molecule has 0 saturated heterocycles. The Morgan fingerprint density at radius 1 is 0.933 bits per heavy atom. The predicted octanol–water partition coefficient (Wildman–Crippen LogP) is 4.42. The van der Waals surface area contributed by atoms with E-state index < -0.39 is 10.0 Å². The number of nitrogens with zero attached hydrogens (tertiary/aromatic N) is 1. The summed E-state index contributed by atoms with van der Waals surface area (Å²) in [7, 11) is -3.44. The first-order chi connectivity index (χ1) is 14.1. The van der Waals surface area contributed by atoms with E-state index in [2.05, 4.69) is 15.0 Å². The summed E-state index contributed by atoms with van der Waals surface area (Å²) in [6.45, 7) is 5.80. The van der Waals surface area contributed by atoms with Gasteiger partial charge in [-0.15, -0.1) is 0 Å². The molecular formula is C22H23N3O4S. The Morgan fingerprint density at radius 2 is 1.67 bits per heavy atom. The van der Waals surface area contributed by atoms with Crippen LogP contribution in [0.4, 0.5) is 11.4 Å². The van der Waals surface area contributed by atoms with Crippen LogP contribution in [0.25, 0.3) is 0 Å². The number of aromatic nitrogens is 1. The molecule has 7 nitrogen and oxygen atoms in total. The highest BCUT2D eigenvalue weighted by molar-refractivity contribution is 7.92. The van der Waals surface area contributed by atoms with Gasteiger partial charge in [0.15, 0.2) is 0 Å². The molecule has 0 aliphatic carbocycles. The van der Waals surface area contributed by atoms with Crippen LogP contribution in [0.2, 0.25) is 0 Å². The predicted molar refractivity (Wildman–Crippen MR) is 118 cm³/mol. The first-order valence-electron chi connectivity index (χ1n) is 9.22. The van der Waals surface area contributed by atoms with E-state index in [0.29, 0.717) is 34.1 Å². The van der Waals surface area contributed by atoms with E-state index in [1.807, 2.05) is 32.0 Å². The molecule has 0 saturated carbocycles. The number of hydrogen-bond acceptors (Lipinski definition) is 5. The maximum Gasteiger partial charge on any atom is 0.255 e. The highest BCUT2D eigenvalue weighted by Crippen LogP contribution is 2.23. The van der Waals surface area contributed by atoms with Gasteiger partial charge in [0.05, 0.1) is 23.8 Å². The van der Waals surface area contributed by atoms with E-state index in [0.717, 1.165) is 11.8 Å². The molecule has 156 valence electrons. The summed E-state index contributed by atoms with van der Waals surface area (Å²) in [5.74, 6) is 0.718. The molecule has 1 amide bonds. The second-order valence-corrected chi connectivity index (χ2v) is 8.84. The van der Waals surface area contributed by atoms with Crippen molar-refractivity contribution in [3.05, 3.63) is 77.0 Å². The van der Waals surface area contributed by atoms with E-state index >= 15 is 0 Å². The van der Waals surface area contributed by atoms with Crippen LogP contribution in [0.5, 0.6) is 11.6 Å². The Kier molecular flexibility index (Phi) is 6.07. The van der Waals surface area contributed by atoms with Gasteiger partial charge >= 0.3 is 0 Å². The van der Waals surface area contributed by atoms with Crippen LogP contribution in [0.3, 0.4) is 0 Å². The standard InChI is InChI=1S/C22H23N3O4S/c1-14-6-9-19(11-16(14)3)29-21-10-8-18(13-23-21)24-22(26)17-7-5-15(2)20(12-17)25-30(4,27)28/h5-13,25H,1-4H3,(H,24,26). The van der Waals surface area contributed by atoms with Crippen molar-refractivity contribution in [1.82, 2.24) is 4.98 Å². The first kappa shape index (κ1) is 21.3. The van der Waals surface area contributed by atoms with Gasteiger partial charge in [0, 0.05) is 11.6 Å². The molecule has 8 heteroatoms. The fourth-order valence-electron chi connectivity index (χ4n) is 2.69. The molecule has 0 bridgehead atoms. The van der Waals surface area contributed by atoms with Crippen molar-refractivity contribution in [2.45, 2.75) is 20.8 Å². The molecule has 0 radical (unpaired) electrons. The Labute approximate surface area is 176 Å². The molecule has 0 unspecified atom stereocenters. The summed E-state index contributed by atoms with van der Waals surface area (Å²) in [5, 5.41) is 2.74. The van der Waals surface area contributed by atoms with Crippen molar-refractivity contribution in [2.24, 2.45) is 0 Å². The highest BCUT2D eigenvalue weighted by atomic mass is 32.2. The van der Waals surface area contributed by atoms with Gasteiger partial charge in [0.2, 0.25) is 15.9 Å². The quantitative estimate of drug-likeness (QED) is 0.609. The number of carbonyl (C=O) groups excluding carboxylic acids is 1. The second kappa shape index (κ2) is 8.54. The molecule has 1 heterocycles. The molecule has 0 aliphatic heterocycles. The average molecular weight is 426 g/mol. The van der Waals surface area contributed by atoms with Crippen molar-refractivity contribution < 1.29 is 17.9 Å². The van der Waals surface area contributed by atoms with Crippen LogP contribution in [-0.2, 0) is 10.0 Å². The minimum atomic E-state index is -3.44. The van der Waals surface area contributed by atoms with Gasteiger partial charge < -0.3 is 10.1 Å². The van der Waals surface area contributed by atoms with Crippen LogP contribution in [0.1, 0.15) is 27.0 Å². The second-order valence-electron chi connectivity index (χ2n) is 7.09. The molecule has 0 aliphatic rings. The molecule has 1 aromatic heterocycles. The Bertz CT molecular complexity index is 1190. The number of hydrogen-bond donors (Lipinski definition) is 2. The van der Waals surface area contributed by atoms with Gasteiger partial charge in [-0.3, -0.25) is 9.52 Å². The van der Waals surface area contributed by atoms with Crippen molar-refractivity contribution in [3.63, 3.8) is 0 Å². The fourth-order valence-corrected chi connectivity index (χ4v) is 3.31. The zero-order valence-electron chi connectivity index (χ0n) is 17.2. The summed E-state index contributed by atoms with van der Waals surface area (Å²) in [6, 6.07) is 13.9. The number of nitrogens with one attached hydrogen (secondary N) is 2. The molecule has 2 aromatic carbocycles. The third kappa shape index (κ3) is 5.57. The monoisotopic (exact) mass is 425 g/mol. The number of rotatable bonds is 6. The lowest BCUT2D eigenvalue weighted by Crippen LogP contribution is -2.14. The van der Waals surface area contributed by atoms with Crippen molar-refractivity contribution >= 4 is 27.3 Å². The van der Waals surface area contributed by atoms with E-state index in [9.17, 15) is 13.2 Å². The van der Waals surface area contributed by atoms with Gasteiger partial charge in [-0.1, -0.05) is 12.1 Å². The summed E-state index contributed by atoms with van der Waals surface area (Å²) in [4.78, 5) is 16.8. The summed E-state index contributed by atoms with van der Waals surface area (Å²) < 4.78 is 31.1. The number of ether oxygens (including phenoxy) is 1. The molecule has 2 N–H and O–H groups in total. The first-order valence-corrected chi connectivity index (χ1v) is 11.1. The number of sulfonamides is 1. The minimum absolute atomic E-state index is 0.321. The molecule has 0 atom stereocenters. The molecule has 3 aromatic rings. The van der Waals surface area contributed by atoms with Gasteiger partial charge in [0.25, 0.3) is 5.91 Å². The van der Waals surface area contributed by atoms with Crippen molar-refractivity contribution in [3.8, 4) is 11.6 Å². The molecule has 30 heavy (non-hydrogen) atoms. The summed E-state index contributed by atoms with van der Waals surface area (Å²) in [6.07, 6.45) is 2.56. The van der Waals surface area contributed by atoms with Crippen LogP contribution >= 0.6 is 0 Å². The normalized spacial score (nSPS) is 11.1. The van der Waals surface area contributed by atoms with E-state index in [-0.39, 0.29) is 5.91 Å². The highest BCUT2D eigenvalue weighted by Gasteiger charge is 2.11. The summed E-state index contributed by atoms with van der Waals surface area (Å²) in [5.41, 5.74) is 4.19. The fraction of sp³-hybridized carbons (Fsp3) is 0.182. The topological polar surface area (TPSA) is 97.4 Å². The zero-order chi connectivity index (χ0) is 21.9. The molecule has 0 spiro atoms. The maximum absolute atomic E-state index is 12.5. The Balaban J connectivity index is 1.70. The largest absolute Gasteiger partial charge is 0.439 e. The van der Waals surface area contributed by atoms with Gasteiger partial charge in [-0.05, 0) is 67.8 Å². The van der Waals surface area contributed by atoms with Crippen LogP contribution in [-0.4, -0.2) is 25.6 Å².